The summed E-state index contributed by atoms with van der Waals surface area (Å²) < 4.78 is 0. The Bertz CT molecular complexity index is 1290. The molecule has 0 aliphatic rings. The maximum atomic E-state index is 13.3. The number of carboxylic acid groups (broad SMARTS) is 2. The second-order valence-corrected chi connectivity index (χ2v) is 10.1. The molecule has 3 aromatic rings. The molecule has 5 N–H and O–H groups in total. The molecule has 0 heterocycles. The molecule has 9 nitrogen and oxygen atoms in total. The van der Waals surface area contributed by atoms with Crippen molar-refractivity contribution in [1.82, 2.24) is 5.32 Å². The van der Waals surface area contributed by atoms with Crippen LogP contribution >= 0.6 is 0 Å². The second kappa shape index (κ2) is 14.5. The number of carbonyl (C=O) groups excluding carboxylic acids is 2. The minimum atomic E-state index is -1.14. The number of para-hydroxylation sites is 1. The number of aliphatic carboxylic acids is 2. The van der Waals surface area contributed by atoms with Gasteiger partial charge in [-0.3, -0.25) is 9.59 Å². The molecule has 0 saturated carbocycles. The molecule has 2 unspecified atom stereocenters. The van der Waals surface area contributed by atoms with E-state index in [1.165, 1.54) is 0 Å². The Morgan fingerprint density at radius 1 is 0.750 bits per heavy atom. The first-order valence-electron chi connectivity index (χ1n) is 13.2. The van der Waals surface area contributed by atoms with Gasteiger partial charge in [-0.15, -0.1) is 0 Å². The number of rotatable bonds is 13. The average molecular weight is 546 g/mol. The molecule has 0 bridgehead atoms. The number of benzene rings is 3. The lowest BCUT2D eigenvalue weighted by Gasteiger charge is -2.22. The van der Waals surface area contributed by atoms with E-state index in [4.69, 9.17) is 5.11 Å². The Kier molecular flexibility index (Phi) is 10.8. The molecule has 210 valence electrons. The number of amides is 3. The van der Waals surface area contributed by atoms with Crippen LogP contribution in [0, 0.1) is 5.92 Å². The van der Waals surface area contributed by atoms with Gasteiger partial charge in [0.1, 0.15) is 6.04 Å². The molecule has 0 radical (unpaired) electrons. The van der Waals surface area contributed by atoms with Crippen molar-refractivity contribution in [3.05, 3.63) is 95.6 Å². The van der Waals surface area contributed by atoms with Crippen molar-refractivity contribution in [2.45, 2.75) is 51.5 Å². The highest BCUT2D eigenvalue weighted by atomic mass is 16.4. The van der Waals surface area contributed by atoms with Gasteiger partial charge in [0.15, 0.2) is 0 Å². The summed E-state index contributed by atoms with van der Waals surface area (Å²) in [6.45, 7) is 3.98. The molecular formula is C31H35N3O6. The summed E-state index contributed by atoms with van der Waals surface area (Å²) in [6, 6.07) is 21.5. The standard InChI is InChI=1S/C31H35N3O6/c1-20(2)18-26(23-13-15-25(16-14-23)33-31(40)32-24-6-4-3-5-7-24)29(37)34-27(30(38)39)19-22-10-8-21(9-11-22)12-17-28(35)36/h3-11,13-16,20,26-27H,12,17-19H2,1-2H3,(H,34,37)(H,35,36)(H,38,39)(H2,32,33,40). The van der Waals surface area contributed by atoms with E-state index in [-0.39, 0.29) is 24.7 Å². The van der Waals surface area contributed by atoms with E-state index in [1.807, 2.05) is 32.0 Å². The summed E-state index contributed by atoms with van der Waals surface area (Å²) in [6.07, 6.45) is 1.01. The SMILES string of the molecule is CC(C)CC(C(=O)NC(Cc1ccc(CCC(=O)O)cc1)C(=O)O)c1ccc(NC(=O)Nc2ccccc2)cc1. The minimum absolute atomic E-state index is 0.0162. The number of carbonyl (C=O) groups is 4. The molecule has 0 spiro atoms. The highest BCUT2D eigenvalue weighted by molar-refractivity contribution is 5.99. The van der Waals surface area contributed by atoms with Crippen LogP contribution in [-0.2, 0) is 27.2 Å². The van der Waals surface area contributed by atoms with Gasteiger partial charge in [-0.25, -0.2) is 9.59 Å². The minimum Gasteiger partial charge on any atom is -0.481 e. The fourth-order valence-corrected chi connectivity index (χ4v) is 4.28. The van der Waals surface area contributed by atoms with Crippen molar-refractivity contribution in [2.24, 2.45) is 5.92 Å². The third-order valence-corrected chi connectivity index (χ3v) is 6.33. The van der Waals surface area contributed by atoms with Crippen LogP contribution in [0.15, 0.2) is 78.9 Å². The van der Waals surface area contributed by atoms with Crippen LogP contribution in [0.25, 0.3) is 0 Å². The number of urea groups is 1. The number of nitrogens with one attached hydrogen (secondary N) is 3. The average Bonchev–Trinajstić information content (AvgIpc) is 2.91. The highest BCUT2D eigenvalue weighted by Gasteiger charge is 2.27. The van der Waals surface area contributed by atoms with Crippen molar-refractivity contribution in [3.63, 3.8) is 0 Å². The van der Waals surface area contributed by atoms with Gasteiger partial charge in [-0.1, -0.05) is 68.4 Å². The monoisotopic (exact) mass is 545 g/mol. The fraction of sp³-hybridized carbons (Fsp3) is 0.290. The molecule has 0 aliphatic heterocycles. The molecule has 0 aromatic heterocycles. The lowest BCUT2D eigenvalue weighted by atomic mass is 9.89. The van der Waals surface area contributed by atoms with E-state index >= 15 is 0 Å². The Labute approximate surface area is 233 Å². The van der Waals surface area contributed by atoms with Crippen LogP contribution < -0.4 is 16.0 Å². The van der Waals surface area contributed by atoms with Crippen LogP contribution in [0.1, 0.15) is 49.3 Å². The van der Waals surface area contributed by atoms with Crippen LogP contribution in [0.3, 0.4) is 0 Å². The smallest absolute Gasteiger partial charge is 0.326 e. The Hall–Kier alpha value is -4.66. The van der Waals surface area contributed by atoms with Crippen LogP contribution in [0.2, 0.25) is 0 Å². The Morgan fingerprint density at radius 2 is 1.32 bits per heavy atom. The van der Waals surface area contributed by atoms with Gasteiger partial charge >= 0.3 is 18.0 Å². The third kappa shape index (κ3) is 9.58. The van der Waals surface area contributed by atoms with E-state index < -0.39 is 29.9 Å². The van der Waals surface area contributed by atoms with E-state index in [1.54, 1.807) is 60.7 Å². The summed E-state index contributed by atoms with van der Waals surface area (Å²) in [5, 5.41) is 26.9. The van der Waals surface area contributed by atoms with Gasteiger partial charge in [0.25, 0.3) is 0 Å². The zero-order valence-electron chi connectivity index (χ0n) is 22.6. The first kappa shape index (κ1) is 29.9. The molecule has 3 amide bonds. The quantitative estimate of drug-likeness (QED) is 0.197. The summed E-state index contributed by atoms with van der Waals surface area (Å²) in [5.74, 6) is -2.82. The molecular weight excluding hydrogens is 510 g/mol. The first-order valence-corrected chi connectivity index (χ1v) is 13.2. The number of hydrogen-bond acceptors (Lipinski definition) is 4. The molecule has 40 heavy (non-hydrogen) atoms. The zero-order chi connectivity index (χ0) is 29.1. The van der Waals surface area contributed by atoms with Crippen molar-refractivity contribution in [1.29, 1.82) is 0 Å². The first-order chi connectivity index (χ1) is 19.1. The highest BCUT2D eigenvalue weighted by Crippen LogP contribution is 2.26. The summed E-state index contributed by atoms with van der Waals surface area (Å²) in [5.41, 5.74) is 3.49. The number of anilines is 2. The van der Waals surface area contributed by atoms with Crippen LogP contribution in [0.4, 0.5) is 16.2 Å². The van der Waals surface area contributed by atoms with Crippen LogP contribution in [0.5, 0.6) is 0 Å². The van der Waals surface area contributed by atoms with Crippen LogP contribution in [-0.4, -0.2) is 40.1 Å². The predicted molar refractivity (Wildman–Crippen MR) is 153 cm³/mol. The Morgan fingerprint density at radius 3 is 1.88 bits per heavy atom. The number of hydrogen-bond donors (Lipinski definition) is 5. The van der Waals surface area contributed by atoms with E-state index in [0.29, 0.717) is 29.8 Å². The third-order valence-electron chi connectivity index (χ3n) is 6.33. The largest absolute Gasteiger partial charge is 0.481 e. The van der Waals surface area contributed by atoms with E-state index in [9.17, 15) is 24.3 Å². The zero-order valence-corrected chi connectivity index (χ0v) is 22.6. The topological polar surface area (TPSA) is 145 Å². The molecule has 0 aliphatic carbocycles. The lowest BCUT2D eigenvalue weighted by molar-refractivity contribution is -0.142. The molecule has 3 rings (SSSR count). The lowest BCUT2D eigenvalue weighted by Crippen LogP contribution is -2.44. The number of aryl methyl sites for hydroxylation is 1. The van der Waals surface area contributed by atoms with Gasteiger partial charge in [0.05, 0.1) is 5.92 Å². The van der Waals surface area contributed by atoms with E-state index in [2.05, 4.69) is 16.0 Å². The normalized spacial score (nSPS) is 12.3. The van der Waals surface area contributed by atoms with E-state index in [0.717, 1.165) is 11.1 Å². The predicted octanol–water partition coefficient (Wildman–Crippen LogP) is 5.29. The maximum absolute atomic E-state index is 13.3. The van der Waals surface area contributed by atoms with Crippen molar-refractivity contribution < 1.29 is 29.4 Å². The molecule has 0 saturated heterocycles. The van der Waals surface area contributed by atoms with Crippen molar-refractivity contribution in [2.75, 3.05) is 10.6 Å². The van der Waals surface area contributed by atoms with Gasteiger partial charge in [-0.2, -0.15) is 0 Å². The Balaban J connectivity index is 1.66. The molecule has 0 fully saturated rings. The van der Waals surface area contributed by atoms with Crippen molar-refractivity contribution in [3.8, 4) is 0 Å². The van der Waals surface area contributed by atoms with Gasteiger partial charge < -0.3 is 26.2 Å². The fourth-order valence-electron chi connectivity index (χ4n) is 4.28. The maximum Gasteiger partial charge on any atom is 0.326 e. The second-order valence-electron chi connectivity index (χ2n) is 10.1. The number of carboxylic acids is 2. The molecule has 3 aromatic carbocycles. The summed E-state index contributed by atoms with van der Waals surface area (Å²) >= 11 is 0. The molecule has 2 atom stereocenters. The van der Waals surface area contributed by atoms with Gasteiger partial charge in [0, 0.05) is 24.2 Å². The van der Waals surface area contributed by atoms with Gasteiger partial charge in [-0.05, 0) is 59.7 Å². The molecule has 9 heteroatoms. The summed E-state index contributed by atoms with van der Waals surface area (Å²) in [7, 11) is 0. The van der Waals surface area contributed by atoms with Crippen molar-refractivity contribution >= 4 is 35.3 Å². The summed E-state index contributed by atoms with van der Waals surface area (Å²) in [4.78, 5) is 48.4. The van der Waals surface area contributed by atoms with Gasteiger partial charge in [0.2, 0.25) is 5.91 Å².